The predicted molar refractivity (Wildman–Crippen MR) is 81.2 cm³/mol. The highest BCUT2D eigenvalue weighted by atomic mass is 16.4. The third-order valence-corrected chi connectivity index (χ3v) is 4.02. The van der Waals surface area contributed by atoms with Gasteiger partial charge < -0.3 is 14.2 Å². The van der Waals surface area contributed by atoms with Crippen molar-refractivity contribution in [2.75, 3.05) is 38.1 Å². The molecule has 0 atom stereocenters. The van der Waals surface area contributed by atoms with Crippen LogP contribution in [-0.4, -0.2) is 43.1 Å². The van der Waals surface area contributed by atoms with Crippen molar-refractivity contribution in [1.82, 2.24) is 9.88 Å². The molecule has 1 aliphatic heterocycles. The number of aromatic nitrogens is 1. The lowest BCUT2D eigenvalue weighted by atomic mass is 10.1. The fraction of sp³-hybridized carbons (Fsp3) is 0.312. The molecule has 0 N–H and O–H groups in total. The monoisotopic (exact) mass is 267 g/mol. The molecule has 0 aliphatic carbocycles. The average Bonchev–Trinajstić information content (AvgIpc) is 2.88. The molecule has 102 valence electrons. The van der Waals surface area contributed by atoms with Gasteiger partial charge in [0.15, 0.2) is 5.58 Å². The van der Waals surface area contributed by atoms with Gasteiger partial charge in [0.1, 0.15) is 5.52 Å². The van der Waals surface area contributed by atoms with E-state index in [2.05, 4.69) is 52.2 Å². The van der Waals surface area contributed by atoms with Gasteiger partial charge in [-0.25, -0.2) is 0 Å². The van der Waals surface area contributed by atoms with Gasteiger partial charge >= 0.3 is 0 Å². The predicted octanol–water partition coefficient (Wildman–Crippen LogP) is 2.73. The molecule has 1 aromatic heterocycles. The maximum atomic E-state index is 5.95. The normalized spacial score (nSPS) is 17.1. The molecule has 4 rings (SSSR count). The molecule has 0 radical (unpaired) electrons. The number of nitrogens with zero attached hydrogens (tertiary/aromatic N) is 3. The van der Waals surface area contributed by atoms with Gasteiger partial charge in [0, 0.05) is 26.2 Å². The lowest BCUT2D eigenvalue weighted by Gasteiger charge is -2.31. The summed E-state index contributed by atoms with van der Waals surface area (Å²) in [5.41, 5.74) is 1.82. The van der Waals surface area contributed by atoms with Gasteiger partial charge in [0.25, 0.3) is 6.01 Å². The first kappa shape index (κ1) is 11.7. The summed E-state index contributed by atoms with van der Waals surface area (Å²) in [4.78, 5) is 9.21. The minimum absolute atomic E-state index is 0.753. The number of piperazine rings is 1. The molecule has 0 unspecified atom stereocenters. The van der Waals surface area contributed by atoms with E-state index in [4.69, 9.17) is 4.42 Å². The van der Waals surface area contributed by atoms with Gasteiger partial charge in [-0.3, -0.25) is 0 Å². The van der Waals surface area contributed by atoms with Gasteiger partial charge in [0.2, 0.25) is 0 Å². The molecule has 3 aromatic rings. The van der Waals surface area contributed by atoms with Gasteiger partial charge in [0.05, 0.1) is 0 Å². The Kier molecular flexibility index (Phi) is 2.63. The third-order valence-electron chi connectivity index (χ3n) is 4.02. The smallest absolute Gasteiger partial charge is 0.298 e. The Morgan fingerprint density at radius 1 is 1.00 bits per heavy atom. The second kappa shape index (κ2) is 4.49. The summed E-state index contributed by atoms with van der Waals surface area (Å²) in [5, 5.41) is 2.40. The van der Waals surface area contributed by atoms with Gasteiger partial charge in [-0.1, -0.05) is 24.3 Å². The van der Waals surface area contributed by atoms with Crippen LogP contribution in [0.2, 0.25) is 0 Å². The lowest BCUT2D eigenvalue weighted by Crippen LogP contribution is -2.44. The highest BCUT2D eigenvalue weighted by molar-refractivity contribution is 5.94. The fourth-order valence-electron chi connectivity index (χ4n) is 2.73. The topological polar surface area (TPSA) is 32.5 Å². The Balaban J connectivity index is 1.76. The van der Waals surface area contributed by atoms with E-state index in [0.717, 1.165) is 43.3 Å². The SMILES string of the molecule is CN1CCN(c2nc3cc4ccccc4cc3o2)CC1. The Bertz CT molecular complexity index is 704. The molecule has 0 bridgehead atoms. The minimum atomic E-state index is 0.753. The molecule has 20 heavy (non-hydrogen) atoms. The van der Waals surface area contributed by atoms with Crippen molar-refractivity contribution in [2.45, 2.75) is 0 Å². The molecular formula is C16H17N3O. The number of anilines is 1. The number of hydrogen-bond acceptors (Lipinski definition) is 4. The molecule has 1 saturated heterocycles. The number of oxazole rings is 1. The summed E-state index contributed by atoms with van der Waals surface area (Å²) in [7, 11) is 2.15. The summed E-state index contributed by atoms with van der Waals surface area (Å²) in [5.74, 6) is 0. The van der Waals surface area contributed by atoms with E-state index in [1.165, 1.54) is 10.8 Å². The Morgan fingerprint density at radius 3 is 2.45 bits per heavy atom. The molecule has 0 saturated carbocycles. The van der Waals surface area contributed by atoms with Crippen LogP contribution >= 0.6 is 0 Å². The third kappa shape index (κ3) is 1.93. The molecule has 4 heteroatoms. The summed E-state index contributed by atoms with van der Waals surface area (Å²) in [6.07, 6.45) is 0. The number of benzene rings is 2. The van der Waals surface area contributed by atoms with Crippen molar-refractivity contribution in [3.05, 3.63) is 36.4 Å². The zero-order valence-electron chi connectivity index (χ0n) is 11.5. The van der Waals surface area contributed by atoms with E-state index in [9.17, 15) is 0 Å². The van der Waals surface area contributed by atoms with E-state index in [0.29, 0.717) is 0 Å². The molecule has 0 amide bonds. The molecule has 1 fully saturated rings. The molecule has 1 aliphatic rings. The van der Waals surface area contributed by atoms with Crippen LogP contribution in [0.4, 0.5) is 6.01 Å². The Labute approximate surface area is 117 Å². The molecular weight excluding hydrogens is 250 g/mol. The van der Waals surface area contributed by atoms with Gasteiger partial charge in [-0.15, -0.1) is 0 Å². The van der Waals surface area contributed by atoms with Crippen LogP contribution < -0.4 is 4.90 Å². The highest BCUT2D eigenvalue weighted by Gasteiger charge is 2.19. The van der Waals surface area contributed by atoms with Crippen LogP contribution in [0.15, 0.2) is 40.8 Å². The fourth-order valence-corrected chi connectivity index (χ4v) is 2.73. The van der Waals surface area contributed by atoms with E-state index in [1.54, 1.807) is 0 Å². The van der Waals surface area contributed by atoms with Gasteiger partial charge in [-0.2, -0.15) is 4.98 Å². The summed E-state index contributed by atoms with van der Waals surface area (Å²) in [6.45, 7) is 4.06. The second-order valence-electron chi connectivity index (χ2n) is 5.45. The average molecular weight is 267 g/mol. The first-order valence-electron chi connectivity index (χ1n) is 7.02. The summed E-state index contributed by atoms with van der Waals surface area (Å²) >= 11 is 0. The van der Waals surface area contributed by atoms with E-state index >= 15 is 0 Å². The molecule has 2 aromatic carbocycles. The molecule has 0 spiro atoms. The lowest BCUT2D eigenvalue weighted by molar-refractivity contribution is 0.305. The van der Waals surface area contributed by atoms with Crippen LogP contribution in [0.25, 0.3) is 21.9 Å². The van der Waals surface area contributed by atoms with Crippen LogP contribution in [0.1, 0.15) is 0 Å². The Hall–Kier alpha value is -2.07. The van der Waals surface area contributed by atoms with E-state index in [-0.39, 0.29) is 0 Å². The minimum Gasteiger partial charge on any atom is -0.423 e. The summed E-state index contributed by atoms with van der Waals surface area (Å²) in [6, 6.07) is 13.3. The van der Waals surface area contributed by atoms with Crippen LogP contribution in [0, 0.1) is 0 Å². The quantitative estimate of drug-likeness (QED) is 0.678. The first-order valence-corrected chi connectivity index (χ1v) is 7.02. The van der Waals surface area contributed by atoms with E-state index in [1.807, 2.05) is 6.07 Å². The van der Waals surface area contributed by atoms with Crippen LogP contribution in [0.3, 0.4) is 0 Å². The summed E-state index contributed by atoms with van der Waals surface area (Å²) < 4.78 is 5.95. The zero-order valence-corrected chi connectivity index (χ0v) is 11.5. The van der Waals surface area contributed by atoms with Crippen molar-refractivity contribution in [2.24, 2.45) is 0 Å². The number of likely N-dealkylation sites (N-methyl/N-ethyl adjacent to an activating group) is 1. The molecule has 2 heterocycles. The number of fused-ring (bicyclic) bond motifs is 2. The highest BCUT2D eigenvalue weighted by Crippen LogP contribution is 2.27. The van der Waals surface area contributed by atoms with Crippen molar-refractivity contribution < 1.29 is 4.42 Å². The van der Waals surface area contributed by atoms with Crippen LogP contribution in [-0.2, 0) is 0 Å². The van der Waals surface area contributed by atoms with Crippen molar-refractivity contribution in [1.29, 1.82) is 0 Å². The Morgan fingerprint density at radius 2 is 1.70 bits per heavy atom. The van der Waals surface area contributed by atoms with Crippen molar-refractivity contribution in [3.63, 3.8) is 0 Å². The zero-order chi connectivity index (χ0) is 13.5. The largest absolute Gasteiger partial charge is 0.423 e. The molecule has 4 nitrogen and oxygen atoms in total. The van der Waals surface area contributed by atoms with Gasteiger partial charge in [-0.05, 0) is 30.0 Å². The maximum Gasteiger partial charge on any atom is 0.298 e. The van der Waals surface area contributed by atoms with Crippen molar-refractivity contribution >= 4 is 27.9 Å². The maximum absolute atomic E-state index is 5.95. The first-order chi connectivity index (χ1) is 9.79. The second-order valence-corrected chi connectivity index (χ2v) is 5.45. The van der Waals surface area contributed by atoms with E-state index < -0.39 is 0 Å². The number of rotatable bonds is 1. The van der Waals surface area contributed by atoms with Crippen LogP contribution in [0.5, 0.6) is 0 Å². The number of hydrogen-bond donors (Lipinski definition) is 0. The van der Waals surface area contributed by atoms with Crippen molar-refractivity contribution in [3.8, 4) is 0 Å². The standard InChI is InChI=1S/C16H17N3O/c1-18-6-8-19(9-7-18)16-17-14-10-12-4-2-3-5-13(12)11-15(14)20-16/h2-5,10-11H,6-9H2,1H3.